The smallest absolute Gasteiger partial charge is 0.387 e. The van der Waals surface area contributed by atoms with Crippen molar-refractivity contribution in [1.82, 2.24) is 14.9 Å². The molecule has 0 unspecified atom stereocenters. The highest BCUT2D eigenvalue weighted by Crippen LogP contribution is 2.23. The van der Waals surface area contributed by atoms with Crippen LogP contribution in [-0.2, 0) is 9.53 Å². The van der Waals surface area contributed by atoms with Gasteiger partial charge in [-0.05, 0) is 42.8 Å². The van der Waals surface area contributed by atoms with Crippen LogP contribution in [0.2, 0.25) is 0 Å². The highest BCUT2D eigenvalue weighted by atomic mass is 32.2. The van der Waals surface area contributed by atoms with Gasteiger partial charge in [-0.3, -0.25) is 14.2 Å². The van der Waals surface area contributed by atoms with E-state index in [1.54, 1.807) is 31.4 Å². The fourth-order valence-corrected chi connectivity index (χ4v) is 3.68. The number of carbonyl (C=O) groups is 1. The van der Waals surface area contributed by atoms with E-state index in [4.69, 9.17) is 4.74 Å². The molecule has 0 saturated carbocycles. The first-order chi connectivity index (χ1) is 15.0. The van der Waals surface area contributed by atoms with Crippen LogP contribution in [0.4, 0.5) is 8.78 Å². The molecule has 1 amide bonds. The van der Waals surface area contributed by atoms with Crippen LogP contribution < -0.4 is 15.6 Å². The summed E-state index contributed by atoms with van der Waals surface area (Å²) in [6.07, 6.45) is 0.693. The number of hydrogen-bond donors (Lipinski definition) is 1. The summed E-state index contributed by atoms with van der Waals surface area (Å²) in [5.74, 6) is -0.162. The molecule has 0 saturated heterocycles. The molecular formula is C21H21F2N3O4S. The number of nitrogens with zero attached hydrogens (tertiary/aromatic N) is 2. The highest BCUT2D eigenvalue weighted by Gasteiger charge is 2.15. The molecule has 7 nitrogen and oxygen atoms in total. The van der Waals surface area contributed by atoms with Gasteiger partial charge in [-0.2, -0.15) is 8.78 Å². The summed E-state index contributed by atoms with van der Waals surface area (Å²) in [6, 6.07) is 12.6. The lowest BCUT2D eigenvalue weighted by atomic mass is 10.2. The number of fused-ring (bicyclic) bond motifs is 1. The van der Waals surface area contributed by atoms with Crippen molar-refractivity contribution >= 4 is 28.6 Å². The molecule has 0 aliphatic heterocycles. The number of aromatic nitrogens is 2. The maximum atomic E-state index is 13.1. The molecule has 3 rings (SSSR count). The molecule has 0 radical (unpaired) electrons. The molecular weight excluding hydrogens is 428 g/mol. The minimum Gasteiger partial charge on any atom is -0.435 e. The van der Waals surface area contributed by atoms with E-state index in [2.05, 4.69) is 15.0 Å². The van der Waals surface area contributed by atoms with Crippen LogP contribution in [0.15, 0.2) is 58.5 Å². The number of hydrogen-bond acceptors (Lipinski definition) is 6. The zero-order valence-corrected chi connectivity index (χ0v) is 17.5. The van der Waals surface area contributed by atoms with Crippen molar-refractivity contribution in [2.24, 2.45) is 0 Å². The Labute approximate surface area is 181 Å². The summed E-state index contributed by atoms with van der Waals surface area (Å²) < 4.78 is 35.5. The number of nitrogens with one attached hydrogen (secondary N) is 1. The van der Waals surface area contributed by atoms with E-state index in [1.165, 1.54) is 28.8 Å². The predicted molar refractivity (Wildman–Crippen MR) is 114 cm³/mol. The standard InChI is InChI=1S/C21H21F2N3O4S/c1-29-12-4-11-24-18(27)13-31-21-25-17-6-3-2-5-16(17)19(28)26(21)14-7-9-15(10-8-14)30-20(22)23/h2-3,5-10,20H,4,11-13H2,1H3,(H,24,27). The van der Waals surface area contributed by atoms with Gasteiger partial charge in [0.15, 0.2) is 5.16 Å². The third kappa shape index (κ3) is 6.02. The Morgan fingerprint density at radius 3 is 2.65 bits per heavy atom. The van der Waals surface area contributed by atoms with Gasteiger partial charge in [-0.1, -0.05) is 23.9 Å². The van der Waals surface area contributed by atoms with Crippen molar-refractivity contribution in [1.29, 1.82) is 0 Å². The van der Waals surface area contributed by atoms with Crippen LogP contribution >= 0.6 is 11.8 Å². The number of ether oxygens (including phenoxy) is 2. The molecule has 0 aliphatic carbocycles. The molecule has 0 atom stereocenters. The summed E-state index contributed by atoms with van der Waals surface area (Å²) in [5, 5.41) is 3.51. The van der Waals surface area contributed by atoms with Crippen molar-refractivity contribution in [2.75, 3.05) is 26.0 Å². The predicted octanol–water partition coefficient (Wildman–Crippen LogP) is 3.23. The maximum absolute atomic E-state index is 13.1. The SMILES string of the molecule is COCCCNC(=O)CSc1nc2ccccc2c(=O)n1-c1ccc(OC(F)F)cc1. The van der Waals surface area contributed by atoms with Crippen molar-refractivity contribution in [3.8, 4) is 11.4 Å². The molecule has 31 heavy (non-hydrogen) atoms. The normalized spacial score (nSPS) is 11.1. The lowest BCUT2D eigenvalue weighted by molar-refractivity contribution is -0.118. The lowest BCUT2D eigenvalue weighted by Gasteiger charge is -2.14. The van der Waals surface area contributed by atoms with E-state index in [0.717, 1.165) is 11.8 Å². The number of para-hydroxylation sites is 1. The van der Waals surface area contributed by atoms with E-state index >= 15 is 0 Å². The molecule has 1 aromatic heterocycles. The molecule has 0 aliphatic rings. The van der Waals surface area contributed by atoms with Crippen LogP contribution in [0.5, 0.6) is 5.75 Å². The Balaban J connectivity index is 1.89. The summed E-state index contributed by atoms with van der Waals surface area (Å²) in [6.45, 7) is -1.91. The minimum absolute atomic E-state index is 0.0230. The van der Waals surface area contributed by atoms with Gasteiger partial charge in [-0.25, -0.2) is 4.98 Å². The Morgan fingerprint density at radius 1 is 1.19 bits per heavy atom. The van der Waals surface area contributed by atoms with Gasteiger partial charge < -0.3 is 14.8 Å². The molecule has 2 aromatic carbocycles. The number of benzene rings is 2. The maximum Gasteiger partial charge on any atom is 0.387 e. The lowest BCUT2D eigenvalue weighted by Crippen LogP contribution is -2.28. The summed E-state index contributed by atoms with van der Waals surface area (Å²) in [5.41, 5.74) is 0.605. The zero-order valence-electron chi connectivity index (χ0n) is 16.7. The first kappa shape index (κ1) is 22.7. The van der Waals surface area contributed by atoms with Crippen LogP contribution in [-0.4, -0.2) is 48.1 Å². The first-order valence-electron chi connectivity index (χ1n) is 9.45. The fourth-order valence-electron chi connectivity index (χ4n) is 2.84. The van der Waals surface area contributed by atoms with Crippen molar-refractivity contribution in [3.05, 3.63) is 58.9 Å². The summed E-state index contributed by atoms with van der Waals surface area (Å²) in [7, 11) is 1.59. The van der Waals surface area contributed by atoms with Crippen molar-refractivity contribution < 1.29 is 23.0 Å². The van der Waals surface area contributed by atoms with E-state index < -0.39 is 6.61 Å². The molecule has 1 heterocycles. The number of halogens is 2. The van der Waals surface area contributed by atoms with Gasteiger partial charge in [0, 0.05) is 20.3 Å². The van der Waals surface area contributed by atoms with Gasteiger partial charge in [0.25, 0.3) is 5.56 Å². The fraction of sp³-hybridized carbons (Fsp3) is 0.286. The first-order valence-corrected chi connectivity index (χ1v) is 10.4. The van der Waals surface area contributed by atoms with Crippen molar-refractivity contribution in [2.45, 2.75) is 18.2 Å². The molecule has 3 aromatic rings. The second-order valence-electron chi connectivity index (χ2n) is 6.41. The third-order valence-corrected chi connectivity index (χ3v) is 5.18. The van der Waals surface area contributed by atoms with Gasteiger partial charge >= 0.3 is 6.61 Å². The molecule has 164 valence electrons. The topological polar surface area (TPSA) is 82.5 Å². The number of methoxy groups -OCH3 is 1. The summed E-state index contributed by atoms with van der Waals surface area (Å²) in [4.78, 5) is 29.8. The summed E-state index contributed by atoms with van der Waals surface area (Å²) >= 11 is 1.11. The molecule has 0 bridgehead atoms. The van der Waals surface area contributed by atoms with Crippen LogP contribution in [0.1, 0.15) is 6.42 Å². The Bertz CT molecular complexity index is 1090. The minimum atomic E-state index is -2.94. The van der Waals surface area contributed by atoms with Crippen LogP contribution in [0.3, 0.4) is 0 Å². The second kappa shape index (κ2) is 10.9. The number of amides is 1. The molecule has 1 N–H and O–H groups in total. The second-order valence-corrected chi connectivity index (χ2v) is 7.35. The number of rotatable bonds is 10. The van der Waals surface area contributed by atoms with Crippen molar-refractivity contribution in [3.63, 3.8) is 0 Å². The average Bonchev–Trinajstić information content (AvgIpc) is 2.76. The monoisotopic (exact) mass is 449 g/mol. The van der Waals surface area contributed by atoms with E-state index in [-0.39, 0.29) is 23.0 Å². The average molecular weight is 449 g/mol. The van der Waals surface area contributed by atoms with E-state index in [0.29, 0.717) is 41.3 Å². The van der Waals surface area contributed by atoms with Crippen LogP contribution in [0, 0.1) is 0 Å². The number of thioether (sulfide) groups is 1. The van der Waals surface area contributed by atoms with Gasteiger partial charge in [0.2, 0.25) is 5.91 Å². The van der Waals surface area contributed by atoms with E-state index in [9.17, 15) is 18.4 Å². The molecule has 0 spiro atoms. The van der Waals surface area contributed by atoms with Gasteiger partial charge in [0.1, 0.15) is 5.75 Å². The number of alkyl halides is 2. The molecule has 0 fully saturated rings. The number of carbonyl (C=O) groups excluding carboxylic acids is 1. The van der Waals surface area contributed by atoms with Crippen LogP contribution in [0.25, 0.3) is 16.6 Å². The Morgan fingerprint density at radius 2 is 1.94 bits per heavy atom. The third-order valence-electron chi connectivity index (χ3n) is 4.24. The quantitative estimate of drug-likeness (QED) is 0.291. The largest absolute Gasteiger partial charge is 0.435 e. The van der Waals surface area contributed by atoms with Gasteiger partial charge in [0.05, 0.1) is 22.3 Å². The van der Waals surface area contributed by atoms with E-state index in [1.807, 2.05) is 0 Å². The zero-order chi connectivity index (χ0) is 22.2. The Hall–Kier alpha value is -2.98. The molecule has 10 heteroatoms. The van der Waals surface area contributed by atoms with Gasteiger partial charge in [-0.15, -0.1) is 0 Å². The highest BCUT2D eigenvalue weighted by molar-refractivity contribution is 7.99. The Kier molecular flexibility index (Phi) is 7.96.